The topological polar surface area (TPSA) is 75.1 Å². The Labute approximate surface area is 160 Å². The predicted octanol–water partition coefficient (Wildman–Crippen LogP) is 1.45. The Bertz CT molecular complexity index is 680. The van der Waals surface area contributed by atoms with Gasteiger partial charge in [0.05, 0.1) is 31.0 Å². The second kappa shape index (κ2) is 7.37. The summed E-state index contributed by atoms with van der Waals surface area (Å²) in [4.78, 5) is 21.3. The maximum absolute atomic E-state index is 12.7. The first-order valence-corrected chi connectivity index (χ1v) is 9.91. The van der Waals surface area contributed by atoms with Crippen LogP contribution in [0.15, 0.2) is 18.3 Å². The lowest BCUT2D eigenvalue weighted by Gasteiger charge is -2.48. The lowest BCUT2D eigenvalue weighted by atomic mass is 9.78. The van der Waals surface area contributed by atoms with Crippen LogP contribution in [-0.4, -0.2) is 78.1 Å². The van der Waals surface area contributed by atoms with E-state index in [1.54, 1.807) is 12.3 Å². The molecule has 7 nitrogen and oxygen atoms in total. The van der Waals surface area contributed by atoms with Gasteiger partial charge >= 0.3 is 0 Å². The molecule has 27 heavy (non-hydrogen) atoms. The van der Waals surface area contributed by atoms with Crippen LogP contribution < -0.4 is 4.90 Å². The Kier molecular flexibility index (Phi) is 5.09. The predicted molar refractivity (Wildman–Crippen MR) is 101 cm³/mol. The number of ether oxygens (including phenoxy) is 2. The smallest absolute Gasteiger partial charge is 0.254 e. The van der Waals surface area contributed by atoms with Gasteiger partial charge < -0.3 is 24.4 Å². The Morgan fingerprint density at radius 1 is 1.15 bits per heavy atom. The molecule has 1 amide bonds. The quantitative estimate of drug-likeness (QED) is 0.843. The van der Waals surface area contributed by atoms with Crippen molar-refractivity contribution in [2.24, 2.45) is 0 Å². The number of morpholine rings is 1. The second-order valence-electron chi connectivity index (χ2n) is 8.25. The van der Waals surface area contributed by atoms with E-state index in [2.05, 4.69) is 9.88 Å². The summed E-state index contributed by atoms with van der Waals surface area (Å²) in [6.45, 7) is 6.64. The van der Waals surface area contributed by atoms with Gasteiger partial charge in [0, 0.05) is 44.4 Å². The Hall–Kier alpha value is -1.70. The highest BCUT2D eigenvalue weighted by atomic mass is 16.5. The lowest BCUT2D eigenvalue weighted by Crippen LogP contribution is -2.53. The number of rotatable bonds is 2. The van der Waals surface area contributed by atoms with Crippen LogP contribution in [0.4, 0.5) is 5.82 Å². The number of aliphatic hydroxyl groups is 1. The molecule has 0 saturated carbocycles. The van der Waals surface area contributed by atoms with Gasteiger partial charge in [0.25, 0.3) is 5.91 Å². The van der Waals surface area contributed by atoms with Gasteiger partial charge in [-0.3, -0.25) is 4.79 Å². The van der Waals surface area contributed by atoms with Crippen molar-refractivity contribution in [2.45, 2.75) is 43.8 Å². The van der Waals surface area contributed by atoms with Crippen LogP contribution in [0.3, 0.4) is 0 Å². The molecule has 3 saturated heterocycles. The first-order chi connectivity index (χ1) is 13.0. The third kappa shape index (κ3) is 4.10. The largest absolute Gasteiger partial charge is 0.390 e. The minimum absolute atomic E-state index is 0.0436. The van der Waals surface area contributed by atoms with Crippen molar-refractivity contribution in [3.05, 3.63) is 23.9 Å². The number of carbonyl (C=O) groups is 1. The number of piperidine rings is 1. The number of amides is 1. The summed E-state index contributed by atoms with van der Waals surface area (Å²) in [5, 5.41) is 10.4. The second-order valence-corrected chi connectivity index (χ2v) is 8.25. The fourth-order valence-electron chi connectivity index (χ4n) is 4.46. The number of hydrogen-bond donors (Lipinski definition) is 1. The summed E-state index contributed by atoms with van der Waals surface area (Å²) >= 11 is 0. The van der Waals surface area contributed by atoms with Gasteiger partial charge in [-0.05, 0) is 38.3 Å². The number of carbonyl (C=O) groups excluding carboxylic acids is 1. The van der Waals surface area contributed by atoms with E-state index >= 15 is 0 Å². The van der Waals surface area contributed by atoms with Gasteiger partial charge in [-0.25, -0.2) is 4.98 Å². The minimum atomic E-state index is -0.636. The van der Waals surface area contributed by atoms with Crippen LogP contribution in [0.25, 0.3) is 0 Å². The summed E-state index contributed by atoms with van der Waals surface area (Å²) in [5.74, 6) is 0.883. The van der Waals surface area contributed by atoms with Gasteiger partial charge in [0.2, 0.25) is 0 Å². The molecule has 0 bridgehead atoms. The molecule has 0 aromatic carbocycles. The zero-order valence-corrected chi connectivity index (χ0v) is 16.0. The molecule has 4 rings (SSSR count). The highest BCUT2D eigenvalue weighted by molar-refractivity contribution is 5.94. The molecule has 4 heterocycles. The van der Waals surface area contributed by atoms with Gasteiger partial charge in [-0.2, -0.15) is 0 Å². The standard InChI is InChI=1S/C20H29N3O4/c1-19(25)5-11-27-20(15-19)3-7-22(8-4-20)17-14-16(2-6-21-17)18(24)23-9-12-26-13-10-23/h2,6,14,25H,3-5,7-13,15H2,1H3. The molecule has 0 aliphatic carbocycles. The van der Waals surface area contributed by atoms with Crippen LogP contribution in [0.2, 0.25) is 0 Å². The van der Waals surface area contributed by atoms with Gasteiger partial charge in [-0.1, -0.05) is 0 Å². The number of aromatic nitrogens is 1. The van der Waals surface area contributed by atoms with Gasteiger partial charge in [0.1, 0.15) is 5.82 Å². The highest BCUT2D eigenvalue weighted by Crippen LogP contribution is 2.40. The third-order valence-electron chi connectivity index (χ3n) is 6.04. The Morgan fingerprint density at radius 3 is 2.59 bits per heavy atom. The number of anilines is 1. The number of pyridine rings is 1. The van der Waals surface area contributed by atoms with Crippen molar-refractivity contribution >= 4 is 11.7 Å². The summed E-state index contributed by atoms with van der Waals surface area (Å²) in [6.07, 6.45) is 4.84. The first-order valence-electron chi connectivity index (χ1n) is 9.91. The highest BCUT2D eigenvalue weighted by Gasteiger charge is 2.44. The maximum Gasteiger partial charge on any atom is 0.254 e. The van der Waals surface area contributed by atoms with E-state index in [4.69, 9.17) is 9.47 Å². The Balaban J connectivity index is 1.42. The molecule has 7 heteroatoms. The summed E-state index contributed by atoms with van der Waals surface area (Å²) < 4.78 is 11.4. The van der Waals surface area contributed by atoms with Gasteiger partial charge in [0.15, 0.2) is 0 Å². The van der Waals surface area contributed by atoms with E-state index in [9.17, 15) is 9.90 Å². The van der Waals surface area contributed by atoms with E-state index in [1.165, 1.54) is 0 Å². The average Bonchev–Trinajstić information content (AvgIpc) is 2.68. The lowest BCUT2D eigenvalue weighted by molar-refractivity contribution is -0.162. The molecule has 3 fully saturated rings. The molecule has 1 atom stereocenters. The zero-order chi connectivity index (χ0) is 18.9. The Morgan fingerprint density at radius 2 is 1.89 bits per heavy atom. The number of nitrogens with zero attached hydrogens (tertiary/aromatic N) is 3. The monoisotopic (exact) mass is 375 g/mol. The maximum atomic E-state index is 12.7. The third-order valence-corrected chi connectivity index (χ3v) is 6.04. The van der Waals surface area contributed by atoms with Crippen molar-refractivity contribution in [3.8, 4) is 0 Å². The summed E-state index contributed by atoms with van der Waals surface area (Å²) in [7, 11) is 0. The van der Waals surface area contributed by atoms with Gasteiger partial charge in [-0.15, -0.1) is 0 Å². The molecule has 148 valence electrons. The van der Waals surface area contributed by atoms with E-state index in [1.807, 2.05) is 17.9 Å². The molecule has 1 aromatic rings. The summed E-state index contributed by atoms with van der Waals surface area (Å²) in [5.41, 5.74) is -0.179. The minimum Gasteiger partial charge on any atom is -0.390 e. The van der Waals surface area contributed by atoms with Crippen LogP contribution in [-0.2, 0) is 9.47 Å². The van der Waals surface area contributed by atoms with E-state index < -0.39 is 5.60 Å². The van der Waals surface area contributed by atoms with Crippen LogP contribution in [0.1, 0.15) is 43.0 Å². The first kappa shape index (κ1) is 18.7. The molecule has 0 radical (unpaired) electrons. The molecule has 1 unspecified atom stereocenters. The van der Waals surface area contributed by atoms with Crippen molar-refractivity contribution < 1.29 is 19.4 Å². The van der Waals surface area contributed by atoms with Crippen molar-refractivity contribution in [1.29, 1.82) is 0 Å². The zero-order valence-electron chi connectivity index (χ0n) is 16.0. The van der Waals surface area contributed by atoms with Crippen LogP contribution in [0, 0.1) is 0 Å². The fourth-order valence-corrected chi connectivity index (χ4v) is 4.46. The van der Waals surface area contributed by atoms with Crippen molar-refractivity contribution in [1.82, 2.24) is 9.88 Å². The SMILES string of the molecule is CC1(O)CCOC2(CCN(c3cc(C(=O)N4CCOCC4)ccn3)CC2)C1. The number of hydrogen-bond acceptors (Lipinski definition) is 6. The van der Waals surface area contributed by atoms with E-state index in [0.717, 1.165) is 31.7 Å². The van der Waals surface area contributed by atoms with E-state index in [0.29, 0.717) is 51.3 Å². The molecular weight excluding hydrogens is 346 g/mol. The normalized spacial score (nSPS) is 28.4. The molecule has 1 N–H and O–H groups in total. The van der Waals surface area contributed by atoms with Crippen molar-refractivity contribution in [2.75, 3.05) is 50.9 Å². The van der Waals surface area contributed by atoms with Crippen molar-refractivity contribution in [3.63, 3.8) is 0 Å². The molecule has 3 aliphatic heterocycles. The molecule has 3 aliphatic rings. The van der Waals surface area contributed by atoms with Crippen LogP contribution in [0.5, 0.6) is 0 Å². The molecular formula is C20H29N3O4. The molecule has 1 spiro atoms. The van der Waals surface area contributed by atoms with E-state index in [-0.39, 0.29) is 11.5 Å². The summed E-state index contributed by atoms with van der Waals surface area (Å²) in [6, 6.07) is 3.68. The fraction of sp³-hybridized carbons (Fsp3) is 0.700. The average molecular weight is 375 g/mol. The molecule has 1 aromatic heterocycles. The van der Waals surface area contributed by atoms with Crippen LogP contribution >= 0.6 is 0 Å².